The van der Waals surface area contributed by atoms with E-state index in [2.05, 4.69) is 109 Å². The van der Waals surface area contributed by atoms with Crippen LogP contribution in [0.3, 0.4) is 0 Å². The minimum atomic E-state index is 0.858. The fraction of sp³-hybridized carbons (Fsp3) is 0.107. The first kappa shape index (κ1) is 18.4. The number of H-pyrrole nitrogens is 1. The van der Waals surface area contributed by atoms with Gasteiger partial charge in [-0.25, -0.2) is 0 Å². The molecule has 146 valence electrons. The minimum absolute atomic E-state index is 0.858. The molecule has 0 unspecified atom stereocenters. The fourth-order valence-electron chi connectivity index (χ4n) is 4.12. The third kappa shape index (κ3) is 3.53. The molecule has 5 rings (SSSR count). The maximum absolute atomic E-state index is 5.18. The highest BCUT2D eigenvalue weighted by molar-refractivity contribution is 6.09. The molecule has 2 heteroatoms. The van der Waals surface area contributed by atoms with Crippen LogP contribution < -0.4 is 0 Å². The first-order valence-corrected chi connectivity index (χ1v) is 10.5. The molecule has 0 aliphatic carbocycles. The third-order valence-corrected chi connectivity index (χ3v) is 5.64. The topological polar surface area (TPSA) is 28.1 Å². The van der Waals surface area contributed by atoms with Gasteiger partial charge in [-0.1, -0.05) is 85.8 Å². The molecule has 0 saturated heterocycles. The van der Waals surface area contributed by atoms with Gasteiger partial charge >= 0.3 is 0 Å². The van der Waals surface area contributed by atoms with Crippen molar-refractivity contribution in [1.82, 2.24) is 4.98 Å². The molecule has 0 fully saturated rings. The molecule has 0 saturated carbocycles. The molecule has 0 amide bonds. The molecule has 0 aliphatic rings. The van der Waals surface area contributed by atoms with E-state index >= 15 is 0 Å². The molecule has 0 atom stereocenters. The van der Waals surface area contributed by atoms with E-state index < -0.39 is 0 Å². The normalized spacial score (nSPS) is 12.0. The van der Waals surface area contributed by atoms with E-state index in [1.807, 2.05) is 0 Å². The summed E-state index contributed by atoms with van der Waals surface area (Å²) in [4.78, 5) is 8.76. The Bertz CT molecular complexity index is 1330. The summed E-state index contributed by atoms with van der Waals surface area (Å²) in [6.45, 7) is 2.17. The summed E-state index contributed by atoms with van der Waals surface area (Å²) < 4.78 is 0. The number of hydrogen-bond donors (Lipinski definition) is 1. The number of nitrogens with one attached hydrogen (secondary N) is 1. The zero-order valence-corrected chi connectivity index (χ0v) is 17.1. The highest BCUT2D eigenvalue weighted by atomic mass is 14.8. The van der Waals surface area contributed by atoms with Crippen molar-refractivity contribution in [2.45, 2.75) is 19.8 Å². The molecular weight excluding hydrogens is 364 g/mol. The minimum Gasteiger partial charge on any atom is -0.355 e. The number of para-hydroxylation sites is 1. The van der Waals surface area contributed by atoms with E-state index in [4.69, 9.17) is 4.99 Å². The number of aliphatic imine (C=N–C) groups is 1. The van der Waals surface area contributed by atoms with Crippen LogP contribution >= 0.6 is 0 Å². The van der Waals surface area contributed by atoms with Crippen LogP contribution in [0.1, 0.15) is 30.0 Å². The van der Waals surface area contributed by atoms with Crippen molar-refractivity contribution in [2.75, 3.05) is 0 Å². The summed E-state index contributed by atoms with van der Waals surface area (Å²) >= 11 is 0. The van der Waals surface area contributed by atoms with Crippen molar-refractivity contribution in [1.29, 1.82) is 0 Å². The van der Waals surface area contributed by atoms with E-state index in [-0.39, 0.29) is 0 Å². The van der Waals surface area contributed by atoms with Crippen LogP contribution in [-0.4, -0.2) is 10.7 Å². The van der Waals surface area contributed by atoms with Crippen LogP contribution in [0.4, 0.5) is 5.69 Å². The van der Waals surface area contributed by atoms with Crippen LogP contribution in [0.15, 0.2) is 102 Å². The zero-order valence-electron chi connectivity index (χ0n) is 17.1. The summed E-state index contributed by atoms with van der Waals surface area (Å²) in [5.74, 6) is 0. The van der Waals surface area contributed by atoms with Gasteiger partial charge in [-0.2, -0.15) is 0 Å². The average Bonchev–Trinajstić information content (AvgIpc) is 3.16. The molecule has 1 N–H and O–H groups in total. The van der Waals surface area contributed by atoms with Gasteiger partial charge in [-0.05, 0) is 47.7 Å². The molecule has 2 nitrogen and oxygen atoms in total. The Morgan fingerprint density at radius 2 is 1.43 bits per heavy atom. The van der Waals surface area contributed by atoms with E-state index in [0.29, 0.717) is 0 Å². The number of aromatic amines is 1. The molecule has 5 aromatic rings. The fourth-order valence-corrected chi connectivity index (χ4v) is 4.12. The summed E-state index contributed by atoms with van der Waals surface area (Å²) in [6, 6.07) is 34.1. The quantitative estimate of drug-likeness (QED) is 0.303. The van der Waals surface area contributed by atoms with Crippen LogP contribution in [0, 0.1) is 0 Å². The van der Waals surface area contributed by atoms with Crippen molar-refractivity contribution in [2.24, 2.45) is 4.99 Å². The lowest BCUT2D eigenvalue weighted by atomic mass is 10.0. The zero-order chi connectivity index (χ0) is 20.3. The van der Waals surface area contributed by atoms with Gasteiger partial charge in [0.2, 0.25) is 0 Å². The van der Waals surface area contributed by atoms with E-state index in [1.165, 1.54) is 33.0 Å². The maximum Gasteiger partial charge on any atom is 0.0676 e. The SMILES string of the molecule is CCC(=Nc1cc2c(cc1Cc1ccccc1)[nH]c1ccccc12)c1ccccc1. The first-order chi connectivity index (χ1) is 14.8. The molecule has 0 bridgehead atoms. The van der Waals surface area contributed by atoms with Crippen LogP contribution in [-0.2, 0) is 6.42 Å². The molecule has 1 aromatic heterocycles. The number of rotatable bonds is 5. The van der Waals surface area contributed by atoms with Crippen molar-refractivity contribution in [3.63, 3.8) is 0 Å². The van der Waals surface area contributed by atoms with Crippen LogP contribution in [0.5, 0.6) is 0 Å². The molecular formula is C28H24N2. The van der Waals surface area contributed by atoms with Gasteiger partial charge in [0, 0.05) is 27.5 Å². The largest absolute Gasteiger partial charge is 0.355 e. The Balaban J connectivity index is 1.71. The Morgan fingerprint density at radius 3 is 2.20 bits per heavy atom. The number of nitrogens with zero attached hydrogens (tertiary/aromatic N) is 1. The van der Waals surface area contributed by atoms with Gasteiger partial charge in [-0.3, -0.25) is 4.99 Å². The first-order valence-electron chi connectivity index (χ1n) is 10.5. The third-order valence-electron chi connectivity index (χ3n) is 5.64. The van der Waals surface area contributed by atoms with Gasteiger partial charge in [-0.15, -0.1) is 0 Å². The van der Waals surface area contributed by atoms with Gasteiger partial charge in [0.25, 0.3) is 0 Å². The monoisotopic (exact) mass is 388 g/mol. The molecule has 0 spiro atoms. The van der Waals surface area contributed by atoms with Crippen molar-refractivity contribution >= 4 is 33.2 Å². The smallest absolute Gasteiger partial charge is 0.0676 e. The van der Waals surface area contributed by atoms with Crippen LogP contribution in [0.25, 0.3) is 21.8 Å². The second kappa shape index (κ2) is 8.00. The number of hydrogen-bond acceptors (Lipinski definition) is 1. The summed E-state index contributed by atoms with van der Waals surface area (Å²) in [5.41, 5.74) is 8.21. The van der Waals surface area contributed by atoms with E-state index in [1.54, 1.807) is 0 Å². The van der Waals surface area contributed by atoms with E-state index in [0.717, 1.165) is 29.8 Å². The Hall–Kier alpha value is -3.65. The Labute approximate surface area is 176 Å². The predicted octanol–water partition coefficient (Wildman–Crippen LogP) is 7.44. The summed E-state index contributed by atoms with van der Waals surface area (Å²) in [6.07, 6.45) is 1.75. The van der Waals surface area contributed by atoms with Gasteiger partial charge in [0.1, 0.15) is 0 Å². The van der Waals surface area contributed by atoms with Gasteiger partial charge in [0.05, 0.1) is 5.69 Å². The summed E-state index contributed by atoms with van der Waals surface area (Å²) in [7, 11) is 0. The average molecular weight is 389 g/mol. The van der Waals surface area contributed by atoms with E-state index in [9.17, 15) is 0 Å². The number of aromatic nitrogens is 1. The van der Waals surface area contributed by atoms with Gasteiger partial charge in [0.15, 0.2) is 0 Å². The highest BCUT2D eigenvalue weighted by Crippen LogP contribution is 2.33. The lowest BCUT2D eigenvalue weighted by Crippen LogP contribution is -1.99. The molecule has 1 heterocycles. The molecule has 30 heavy (non-hydrogen) atoms. The molecule has 0 radical (unpaired) electrons. The highest BCUT2D eigenvalue weighted by Gasteiger charge is 2.11. The lowest BCUT2D eigenvalue weighted by molar-refractivity contribution is 1.18. The van der Waals surface area contributed by atoms with Gasteiger partial charge < -0.3 is 4.98 Å². The van der Waals surface area contributed by atoms with Crippen molar-refractivity contribution in [3.8, 4) is 0 Å². The second-order valence-corrected chi connectivity index (χ2v) is 7.64. The Kier molecular flexibility index (Phi) is 4.90. The lowest BCUT2D eigenvalue weighted by Gasteiger charge is -2.10. The number of fused-ring (bicyclic) bond motifs is 3. The Morgan fingerprint density at radius 1 is 0.733 bits per heavy atom. The van der Waals surface area contributed by atoms with Crippen molar-refractivity contribution < 1.29 is 0 Å². The standard InChI is InChI=1S/C28H24N2/c1-2-25(21-13-7-4-8-14-21)29-27-19-24-23-15-9-10-16-26(23)30-28(24)18-22(27)17-20-11-5-3-6-12-20/h3-16,18-19,30H,2,17H2,1H3. The predicted molar refractivity (Wildman–Crippen MR) is 128 cm³/mol. The summed E-state index contributed by atoms with van der Waals surface area (Å²) in [5, 5.41) is 2.47. The molecule has 4 aromatic carbocycles. The van der Waals surface area contributed by atoms with Crippen LogP contribution in [0.2, 0.25) is 0 Å². The molecule has 0 aliphatic heterocycles. The number of benzene rings is 4. The second-order valence-electron chi connectivity index (χ2n) is 7.64. The maximum atomic E-state index is 5.18. The van der Waals surface area contributed by atoms with Crippen molar-refractivity contribution in [3.05, 3.63) is 114 Å².